The predicted octanol–water partition coefficient (Wildman–Crippen LogP) is 2.43. The summed E-state index contributed by atoms with van der Waals surface area (Å²) in [5, 5.41) is 28.8. The number of benzene rings is 2. The average molecular weight is 274 g/mol. The first-order valence-electron chi connectivity index (χ1n) is 6.06. The fourth-order valence-electron chi connectivity index (χ4n) is 1.80. The van der Waals surface area contributed by atoms with Crippen LogP contribution in [0.5, 0.6) is 23.0 Å². The number of ketones is 1. The largest absolute Gasteiger partial charge is 0.508 e. The fourth-order valence-corrected chi connectivity index (χ4v) is 1.80. The Bertz CT molecular complexity index is 631. The Hall–Kier alpha value is -2.69. The van der Waals surface area contributed by atoms with E-state index in [0.29, 0.717) is 5.56 Å². The van der Waals surface area contributed by atoms with Gasteiger partial charge in [0.05, 0.1) is 12.2 Å². The van der Waals surface area contributed by atoms with E-state index >= 15 is 0 Å². The van der Waals surface area contributed by atoms with E-state index in [1.165, 1.54) is 36.4 Å². The SMILES string of the molecule is CCOc1c(O)ccc(C(=O)c2ccc(O)cc2)c1O. The third kappa shape index (κ3) is 2.51. The van der Waals surface area contributed by atoms with Gasteiger partial charge in [0.15, 0.2) is 17.3 Å². The topological polar surface area (TPSA) is 87.0 Å². The highest BCUT2D eigenvalue weighted by molar-refractivity contribution is 6.11. The zero-order valence-corrected chi connectivity index (χ0v) is 10.8. The molecule has 0 amide bonds. The molecule has 0 aromatic heterocycles. The summed E-state index contributed by atoms with van der Waals surface area (Å²) in [4.78, 5) is 12.3. The molecule has 5 heteroatoms. The lowest BCUT2D eigenvalue weighted by atomic mass is 10.0. The van der Waals surface area contributed by atoms with Crippen molar-refractivity contribution < 1.29 is 24.9 Å². The molecule has 0 saturated heterocycles. The Morgan fingerprint density at radius 3 is 2.30 bits per heavy atom. The fraction of sp³-hybridized carbons (Fsp3) is 0.133. The second-order valence-corrected chi connectivity index (χ2v) is 4.12. The second kappa shape index (κ2) is 5.52. The third-order valence-corrected chi connectivity index (χ3v) is 2.77. The maximum atomic E-state index is 12.3. The lowest BCUT2D eigenvalue weighted by Crippen LogP contribution is -2.03. The first kappa shape index (κ1) is 13.7. The molecule has 0 bridgehead atoms. The van der Waals surface area contributed by atoms with E-state index in [1.807, 2.05) is 0 Å². The number of hydrogen-bond donors (Lipinski definition) is 3. The lowest BCUT2D eigenvalue weighted by molar-refractivity contribution is 0.103. The van der Waals surface area contributed by atoms with E-state index in [1.54, 1.807) is 6.92 Å². The van der Waals surface area contributed by atoms with Crippen LogP contribution in [-0.4, -0.2) is 27.7 Å². The minimum absolute atomic E-state index is 0.0249. The summed E-state index contributed by atoms with van der Waals surface area (Å²) in [7, 11) is 0. The van der Waals surface area contributed by atoms with E-state index in [9.17, 15) is 20.1 Å². The van der Waals surface area contributed by atoms with Crippen molar-refractivity contribution in [1.82, 2.24) is 0 Å². The van der Waals surface area contributed by atoms with Crippen molar-refractivity contribution in [1.29, 1.82) is 0 Å². The molecular formula is C15H14O5. The molecule has 0 aliphatic heterocycles. The molecule has 0 unspecified atom stereocenters. The van der Waals surface area contributed by atoms with E-state index in [2.05, 4.69) is 0 Å². The molecule has 0 saturated carbocycles. The number of phenolic OH excluding ortho intramolecular Hbond substituents is 3. The van der Waals surface area contributed by atoms with Crippen molar-refractivity contribution in [2.75, 3.05) is 6.61 Å². The number of hydrogen-bond acceptors (Lipinski definition) is 5. The molecule has 5 nitrogen and oxygen atoms in total. The van der Waals surface area contributed by atoms with Gasteiger partial charge in [0, 0.05) is 5.56 Å². The molecule has 0 aliphatic carbocycles. The van der Waals surface area contributed by atoms with Gasteiger partial charge in [-0.15, -0.1) is 0 Å². The quantitative estimate of drug-likeness (QED) is 0.745. The summed E-state index contributed by atoms with van der Waals surface area (Å²) in [6.07, 6.45) is 0. The van der Waals surface area contributed by atoms with E-state index in [-0.39, 0.29) is 29.4 Å². The highest BCUT2D eigenvalue weighted by atomic mass is 16.5. The van der Waals surface area contributed by atoms with Crippen LogP contribution in [0.25, 0.3) is 0 Å². The number of phenols is 3. The minimum Gasteiger partial charge on any atom is -0.508 e. The van der Waals surface area contributed by atoms with Crippen LogP contribution in [0, 0.1) is 0 Å². The standard InChI is InChI=1S/C15H14O5/c1-2-20-15-12(17)8-7-11(14(15)19)13(18)9-3-5-10(16)6-4-9/h3-8,16-17,19H,2H2,1H3. The molecule has 0 fully saturated rings. The first-order valence-corrected chi connectivity index (χ1v) is 6.06. The van der Waals surface area contributed by atoms with Gasteiger partial charge in [-0.1, -0.05) is 0 Å². The van der Waals surface area contributed by atoms with Gasteiger partial charge in [0.25, 0.3) is 0 Å². The van der Waals surface area contributed by atoms with Crippen molar-refractivity contribution in [2.45, 2.75) is 6.92 Å². The third-order valence-electron chi connectivity index (χ3n) is 2.77. The summed E-state index contributed by atoms with van der Waals surface area (Å²) in [5.41, 5.74) is 0.336. The van der Waals surface area contributed by atoms with E-state index < -0.39 is 11.5 Å². The predicted molar refractivity (Wildman–Crippen MR) is 72.5 cm³/mol. The van der Waals surface area contributed by atoms with Gasteiger partial charge < -0.3 is 20.1 Å². The Balaban J connectivity index is 2.45. The molecule has 0 atom stereocenters. The van der Waals surface area contributed by atoms with Crippen LogP contribution in [0.4, 0.5) is 0 Å². The van der Waals surface area contributed by atoms with Crippen LogP contribution in [0.15, 0.2) is 36.4 Å². The van der Waals surface area contributed by atoms with Crippen molar-refractivity contribution in [3.05, 3.63) is 47.5 Å². The molecule has 2 rings (SSSR count). The Morgan fingerprint density at radius 2 is 1.70 bits per heavy atom. The number of aromatic hydroxyl groups is 3. The Kier molecular flexibility index (Phi) is 3.79. The monoisotopic (exact) mass is 274 g/mol. The van der Waals surface area contributed by atoms with Crippen molar-refractivity contribution in [2.24, 2.45) is 0 Å². The second-order valence-electron chi connectivity index (χ2n) is 4.12. The van der Waals surface area contributed by atoms with Gasteiger partial charge in [-0.05, 0) is 43.3 Å². The maximum Gasteiger partial charge on any atom is 0.203 e. The van der Waals surface area contributed by atoms with Crippen LogP contribution < -0.4 is 4.74 Å². The number of ether oxygens (including phenoxy) is 1. The van der Waals surface area contributed by atoms with Crippen molar-refractivity contribution in [3.8, 4) is 23.0 Å². The van der Waals surface area contributed by atoms with Gasteiger partial charge in [-0.3, -0.25) is 4.79 Å². The smallest absolute Gasteiger partial charge is 0.203 e. The van der Waals surface area contributed by atoms with Gasteiger partial charge >= 0.3 is 0 Å². The molecule has 104 valence electrons. The molecule has 3 N–H and O–H groups in total. The highest BCUT2D eigenvalue weighted by Crippen LogP contribution is 2.39. The van der Waals surface area contributed by atoms with Gasteiger partial charge in [0.1, 0.15) is 5.75 Å². The summed E-state index contributed by atoms with van der Waals surface area (Å²) in [5.74, 6) is -1.12. The number of rotatable bonds is 4. The molecule has 0 radical (unpaired) electrons. The van der Waals surface area contributed by atoms with Crippen LogP contribution in [0.2, 0.25) is 0 Å². The molecule has 0 heterocycles. The normalized spacial score (nSPS) is 10.2. The highest BCUT2D eigenvalue weighted by Gasteiger charge is 2.19. The summed E-state index contributed by atoms with van der Waals surface area (Å²) in [6.45, 7) is 1.95. The van der Waals surface area contributed by atoms with Gasteiger partial charge in [0.2, 0.25) is 5.75 Å². The van der Waals surface area contributed by atoms with Gasteiger partial charge in [-0.2, -0.15) is 0 Å². The lowest BCUT2D eigenvalue weighted by Gasteiger charge is -2.11. The van der Waals surface area contributed by atoms with Crippen LogP contribution in [0.3, 0.4) is 0 Å². The molecule has 0 aliphatic rings. The van der Waals surface area contributed by atoms with Crippen molar-refractivity contribution in [3.63, 3.8) is 0 Å². The van der Waals surface area contributed by atoms with E-state index in [4.69, 9.17) is 4.74 Å². The molecular weight excluding hydrogens is 260 g/mol. The minimum atomic E-state index is -0.427. The van der Waals surface area contributed by atoms with Crippen LogP contribution in [-0.2, 0) is 0 Å². The summed E-state index contributed by atoms with van der Waals surface area (Å²) < 4.78 is 5.12. The summed E-state index contributed by atoms with van der Waals surface area (Å²) >= 11 is 0. The molecule has 20 heavy (non-hydrogen) atoms. The first-order chi connectivity index (χ1) is 9.54. The molecule has 0 spiro atoms. The van der Waals surface area contributed by atoms with Crippen LogP contribution in [0.1, 0.15) is 22.8 Å². The Morgan fingerprint density at radius 1 is 1.05 bits per heavy atom. The van der Waals surface area contributed by atoms with Crippen molar-refractivity contribution >= 4 is 5.78 Å². The zero-order chi connectivity index (χ0) is 14.7. The van der Waals surface area contributed by atoms with Gasteiger partial charge in [-0.25, -0.2) is 0 Å². The number of carbonyl (C=O) groups excluding carboxylic acids is 1. The summed E-state index contributed by atoms with van der Waals surface area (Å²) in [6, 6.07) is 8.28. The average Bonchev–Trinajstić information content (AvgIpc) is 2.44. The Labute approximate surface area is 115 Å². The van der Waals surface area contributed by atoms with E-state index in [0.717, 1.165) is 0 Å². The molecule has 2 aromatic carbocycles. The zero-order valence-electron chi connectivity index (χ0n) is 10.8. The maximum absolute atomic E-state index is 12.3. The van der Waals surface area contributed by atoms with Crippen LogP contribution >= 0.6 is 0 Å². The number of carbonyl (C=O) groups is 1. The molecule has 2 aromatic rings.